The zero-order chi connectivity index (χ0) is 11.0. The van der Waals surface area contributed by atoms with Crippen molar-refractivity contribution < 1.29 is 0 Å². The van der Waals surface area contributed by atoms with Crippen molar-refractivity contribution in [3.05, 3.63) is 34.4 Å². The molecular formula is C11H14N4O. The minimum absolute atomic E-state index is 0.00274. The van der Waals surface area contributed by atoms with Crippen LogP contribution in [0.1, 0.15) is 18.7 Å². The Morgan fingerprint density at radius 2 is 2.50 bits per heavy atom. The van der Waals surface area contributed by atoms with Gasteiger partial charge in [0.25, 0.3) is 0 Å². The molecule has 1 saturated heterocycles. The molecule has 84 valence electrons. The molecule has 1 aliphatic heterocycles. The second-order valence-corrected chi connectivity index (χ2v) is 4.26. The van der Waals surface area contributed by atoms with Crippen LogP contribution >= 0.6 is 0 Å². The molecule has 5 heteroatoms. The molecule has 2 N–H and O–H groups in total. The Balaban J connectivity index is 1.89. The van der Waals surface area contributed by atoms with E-state index in [0.29, 0.717) is 11.7 Å². The van der Waals surface area contributed by atoms with Gasteiger partial charge in [-0.1, -0.05) is 0 Å². The van der Waals surface area contributed by atoms with Crippen molar-refractivity contribution in [3.8, 4) is 0 Å². The van der Waals surface area contributed by atoms with E-state index in [9.17, 15) is 4.79 Å². The molecule has 3 rings (SSSR count). The zero-order valence-electron chi connectivity index (χ0n) is 8.94. The summed E-state index contributed by atoms with van der Waals surface area (Å²) in [5, 5.41) is 6.61. The van der Waals surface area contributed by atoms with Crippen LogP contribution in [-0.2, 0) is 6.42 Å². The van der Waals surface area contributed by atoms with Crippen molar-refractivity contribution in [2.75, 3.05) is 6.54 Å². The highest BCUT2D eigenvalue weighted by molar-refractivity contribution is 5.36. The van der Waals surface area contributed by atoms with E-state index in [0.717, 1.165) is 18.8 Å². The van der Waals surface area contributed by atoms with Gasteiger partial charge >= 0.3 is 0 Å². The molecular weight excluding hydrogens is 204 g/mol. The van der Waals surface area contributed by atoms with E-state index in [1.807, 2.05) is 0 Å². The molecule has 2 aromatic heterocycles. The molecule has 3 heterocycles. The van der Waals surface area contributed by atoms with Crippen LogP contribution < -0.4 is 10.7 Å². The van der Waals surface area contributed by atoms with Gasteiger partial charge in [0.2, 0.25) is 0 Å². The maximum absolute atomic E-state index is 11.2. The lowest BCUT2D eigenvalue weighted by Crippen LogP contribution is -2.24. The van der Waals surface area contributed by atoms with Crippen LogP contribution in [0.3, 0.4) is 0 Å². The van der Waals surface area contributed by atoms with Crippen LogP contribution in [0.4, 0.5) is 0 Å². The summed E-state index contributed by atoms with van der Waals surface area (Å²) in [7, 11) is 0. The van der Waals surface area contributed by atoms with E-state index in [1.165, 1.54) is 18.9 Å². The summed E-state index contributed by atoms with van der Waals surface area (Å²) in [6.45, 7) is 1.10. The highest BCUT2D eigenvalue weighted by Gasteiger charge is 2.16. The molecule has 0 bridgehead atoms. The summed E-state index contributed by atoms with van der Waals surface area (Å²) in [5.41, 5.74) is 0.692. The first-order valence-corrected chi connectivity index (χ1v) is 5.62. The summed E-state index contributed by atoms with van der Waals surface area (Å²) in [6.07, 6.45) is 5.06. The van der Waals surface area contributed by atoms with E-state index in [1.54, 1.807) is 16.8 Å². The van der Waals surface area contributed by atoms with Crippen LogP contribution in [0.15, 0.2) is 23.1 Å². The van der Waals surface area contributed by atoms with Crippen LogP contribution in [-0.4, -0.2) is 27.2 Å². The Morgan fingerprint density at radius 1 is 1.56 bits per heavy atom. The first-order valence-electron chi connectivity index (χ1n) is 5.62. The minimum atomic E-state index is -0.00274. The molecule has 5 nitrogen and oxygen atoms in total. The van der Waals surface area contributed by atoms with Gasteiger partial charge in [0.15, 0.2) is 11.1 Å². The second kappa shape index (κ2) is 3.75. The Morgan fingerprint density at radius 3 is 3.31 bits per heavy atom. The number of aromatic nitrogens is 3. The quantitative estimate of drug-likeness (QED) is 0.763. The zero-order valence-corrected chi connectivity index (χ0v) is 8.94. The van der Waals surface area contributed by atoms with E-state index in [-0.39, 0.29) is 5.43 Å². The molecule has 0 aromatic carbocycles. The fourth-order valence-electron chi connectivity index (χ4n) is 2.21. The van der Waals surface area contributed by atoms with Gasteiger partial charge in [0.1, 0.15) is 5.82 Å². The average molecular weight is 218 g/mol. The van der Waals surface area contributed by atoms with Gasteiger partial charge in [-0.05, 0) is 19.4 Å². The third kappa shape index (κ3) is 1.74. The second-order valence-electron chi connectivity index (χ2n) is 4.26. The smallest absolute Gasteiger partial charge is 0.183 e. The lowest BCUT2D eigenvalue weighted by atomic mass is 10.1. The first kappa shape index (κ1) is 9.59. The van der Waals surface area contributed by atoms with E-state index in [2.05, 4.69) is 15.4 Å². The fourth-order valence-corrected chi connectivity index (χ4v) is 2.21. The van der Waals surface area contributed by atoms with Gasteiger partial charge in [0, 0.05) is 30.8 Å². The molecule has 1 aliphatic rings. The Kier molecular flexibility index (Phi) is 2.25. The van der Waals surface area contributed by atoms with Crippen LogP contribution in [0.25, 0.3) is 5.65 Å². The number of aromatic amines is 1. The summed E-state index contributed by atoms with van der Waals surface area (Å²) in [4.78, 5) is 15.6. The number of hydrogen-bond acceptors (Lipinski definition) is 3. The van der Waals surface area contributed by atoms with Gasteiger partial charge in [-0.2, -0.15) is 0 Å². The number of nitrogens with one attached hydrogen (secondary N) is 2. The summed E-state index contributed by atoms with van der Waals surface area (Å²) < 4.78 is 1.78. The van der Waals surface area contributed by atoms with E-state index >= 15 is 0 Å². The Labute approximate surface area is 92.5 Å². The Hall–Kier alpha value is -1.62. The van der Waals surface area contributed by atoms with E-state index < -0.39 is 0 Å². The maximum atomic E-state index is 11.2. The van der Waals surface area contributed by atoms with Crippen molar-refractivity contribution in [1.82, 2.24) is 19.9 Å². The highest BCUT2D eigenvalue weighted by Crippen LogP contribution is 2.10. The van der Waals surface area contributed by atoms with Gasteiger partial charge in [-0.15, -0.1) is 0 Å². The van der Waals surface area contributed by atoms with Gasteiger partial charge < -0.3 is 5.32 Å². The van der Waals surface area contributed by atoms with Crippen LogP contribution in [0.2, 0.25) is 0 Å². The third-order valence-corrected chi connectivity index (χ3v) is 3.01. The molecule has 1 atom stereocenters. The monoisotopic (exact) mass is 218 g/mol. The molecule has 16 heavy (non-hydrogen) atoms. The average Bonchev–Trinajstić information content (AvgIpc) is 2.86. The fraction of sp³-hybridized carbons (Fsp3) is 0.455. The van der Waals surface area contributed by atoms with Crippen molar-refractivity contribution >= 4 is 5.65 Å². The number of nitrogens with zero attached hydrogens (tertiary/aromatic N) is 2. The number of H-pyrrole nitrogens is 1. The number of fused-ring (bicyclic) bond motifs is 1. The molecule has 0 saturated carbocycles. The largest absolute Gasteiger partial charge is 0.314 e. The standard InChI is InChI=1S/C11H14N4O/c16-9-3-5-15-11(7-9)13-10(14-15)6-8-2-1-4-12-8/h3,5,7-8,12H,1-2,4,6H2,(H,13,14). The van der Waals surface area contributed by atoms with Crippen LogP contribution in [0.5, 0.6) is 0 Å². The lowest BCUT2D eigenvalue weighted by Gasteiger charge is -2.05. The summed E-state index contributed by atoms with van der Waals surface area (Å²) in [6, 6.07) is 3.60. The third-order valence-electron chi connectivity index (χ3n) is 3.01. The molecule has 1 unspecified atom stereocenters. The van der Waals surface area contributed by atoms with Crippen LogP contribution in [0, 0.1) is 0 Å². The highest BCUT2D eigenvalue weighted by atomic mass is 16.1. The van der Waals surface area contributed by atoms with Gasteiger partial charge in [-0.25, -0.2) is 9.50 Å². The van der Waals surface area contributed by atoms with E-state index in [4.69, 9.17) is 0 Å². The predicted molar refractivity (Wildman–Crippen MR) is 60.5 cm³/mol. The molecule has 0 amide bonds. The van der Waals surface area contributed by atoms with Crippen molar-refractivity contribution in [1.29, 1.82) is 0 Å². The normalized spacial score (nSPS) is 20.6. The summed E-state index contributed by atoms with van der Waals surface area (Å²) in [5.74, 6) is 0.935. The minimum Gasteiger partial charge on any atom is -0.314 e. The summed E-state index contributed by atoms with van der Waals surface area (Å²) >= 11 is 0. The molecule has 2 aromatic rings. The van der Waals surface area contributed by atoms with Gasteiger partial charge in [-0.3, -0.25) is 9.89 Å². The molecule has 0 spiro atoms. The Bertz CT molecular complexity index is 550. The number of hydrogen-bond donors (Lipinski definition) is 2. The van der Waals surface area contributed by atoms with Crippen molar-refractivity contribution in [2.24, 2.45) is 0 Å². The lowest BCUT2D eigenvalue weighted by molar-refractivity contribution is 0.585. The topological polar surface area (TPSA) is 62.2 Å². The maximum Gasteiger partial charge on any atom is 0.183 e. The molecule has 0 radical (unpaired) electrons. The van der Waals surface area contributed by atoms with Gasteiger partial charge in [0.05, 0.1) is 0 Å². The number of pyridine rings is 1. The molecule has 0 aliphatic carbocycles. The first-order chi connectivity index (χ1) is 7.81. The predicted octanol–water partition coefficient (Wildman–Crippen LogP) is 0.317. The number of rotatable bonds is 2. The SMILES string of the molecule is O=c1ccn2[nH]c(CC3CCCN3)nc2c1. The van der Waals surface area contributed by atoms with Crippen molar-refractivity contribution in [3.63, 3.8) is 0 Å². The molecule has 1 fully saturated rings. The van der Waals surface area contributed by atoms with Crippen molar-refractivity contribution in [2.45, 2.75) is 25.3 Å².